The van der Waals surface area contributed by atoms with Gasteiger partial charge in [-0.05, 0) is 61.9 Å². The van der Waals surface area contributed by atoms with Gasteiger partial charge in [-0.25, -0.2) is 0 Å². The van der Waals surface area contributed by atoms with Gasteiger partial charge in [0.2, 0.25) is 0 Å². The summed E-state index contributed by atoms with van der Waals surface area (Å²) < 4.78 is 5.89. The van der Waals surface area contributed by atoms with E-state index in [4.69, 9.17) is 4.74 Å². The van der Waals surface area contributed by atoms with Crippen molar-refractivity contribution in [2.24, 2.45) is 0 Å². The van der Waals surface area contributed by atoms with Crippen LogP contribution >= 0.6 is 11.3 Å². The second kappa shape index (κ2) is 6.02. The SMILES string of the molecule is Cc1ccc(Nc2ccc(Oc3ccccc3)c(C)c2)s1. The molecule has 2 aromatic carbocycles. The first-order valence-corrected chi connectivity index (χ1v) is 7.69. The number of benzene rings is 2. The van der Waals surface area contributed by atoms with Crippen LogP contribution in [0.25, 0.3) is 0 Å². The average Bonchev–Trinajstić information content (AvgIpc) is 2.88. The number of nitrogens with one attached hydrogen (secondary N) is 1. The molecule has 0 atom stereocenters. The summed E-state index contributed by atoms with van der Waals surface area (Å²) in [6.07, 6.45) is 0. The van der Waals surface area contributed by atoms with Crippen molar-refractivity contribution in [3.05, 3.63) is 71.1 Å². The topological polar surface area (TPSA) is 21.3 Å². The molecule has 0 bridgehead atoms. The van der Waals surface area contributed by atoms with Crippen molar-refractivity contribution >= 4 is 22.0 Å². The zero-order chi connectivity index (χ0) is 14.7. The van der Waals surface area contributed by atoms with Gasteiger partial charge in [-0.15, -0.1) is 11.3 Å². The second-order valence-electron chi connectivity index (χ2n) is 4.93. The first kappa shape index (κ1) is 13.7. The van der Waals surface area contributed by atoms with Crippen LogP contribution in [0.1, 0.15) is 10.4 Å². The van der Waals surface area contributed by atoms with Crippen molar-refractivity contribution in [2.75, 3.05) is 5.32 Å². The van der Waals surface area contributed by atoms with E-state index in [0.717, 1.165) is 27.8 Å². The molecule has 1 heterocycles. The number of aryl methyl sites for hydroxylation is 2. The molecule has 0 unspecified atom stereocenters. The molecule has 3 aromatic rings. The van der Waals surface area contributed by atoms with E-state index in [1.807, 2.05) is 42.5 Å². The lowest BCUT2D eigenvalue weighted by Crippen LogP contribution is -1.91. The smallest absolute Gasteiger partial charge is 0.130 e. The molecule has 3 rings (SSSR count). The Balaban J connectivity index is 1.76. The van der Waals surface area contributed by atoms with Crippen LogP contribution in [0.2, 0.25) is 0 Å². The van der Waals surface area contributed by atoms with E-state index in [1.165, 1.54) is 4.88 Å². The van der Waals surface area contributed by atoms with Crippen LogP contribution in [0.15, 0.2) is 60.7 Å². The number of hydrogen-bond donors (Lipinski definition) is 1. The number of anilines is 2. The Kier molecular flexibility index (Phi) is 3.93. The molecule has 3 heteroatoms. The molecule has 0 saturated heterocycles. The van der Waals surface area contributed by atoms with Crippen LogP contribution in [0.4, 0.5) is 10.7 Å². The number of hydrogen-bond acceptors (Lipinski definition) is 3. The highest BCUT2D eigenvalue weighted by atomic mass is 32.1. The molecule has 0 saturated carbocycles. The maximum atomic E-state index is 5.89. The van der Waals surface area contributed by atoms with Gasteiger partial charge in [0.1, 0.15) is 11.5 Å². The minimum absolute atomic E-state index is 0.857. The quantitative estimate of drug-likeness (QED) is 0.647. The van der Waals surface area contributed by atoms with Gasteiger partial charge in [0.05, 0.1) is 5.00 Å². The highest BCUT2D eigenvalue weighted by Crippen LogP contribution is 2.30. The lowest BCUT2D eigenvalue weighted by molar-refractivity contribution is 0.479. The van der Waals surface area contributed by atoms with E-state index in [0.29, 0.717) is 0 Å². The molecule has 0 amide bonds. The minimum atomic E-state index is 0.857. The predicted molar refractivity (Wildman–Crippen MR) is 90.0 cm³/mol. The third-order valence-electron chi connectivity index (χ3n) is 3.15. The van der Waals surface area contributed by atoms with Crippen molar-refractivity contribution in [1.82, 2.24) is 0 Å². The van der Waals surface area contributed by atoms with Crippen LogP contribution in [-0.2, 0) is 0 Å². The summed E-state index contributed by atoms with van der Waals surface area (Å²) in [4.78, 5) is 1.30. The van der Waals surface area contributed by atoms with Crippen LogP contribution in [0.5, 0.6) is 11.5 Å². The summed E-state index contributed by atoms with van der Waals surface area (Å²) in [5.41, 5.74) is 2.19. The van der Waals surface area contributed by atoms with Crippen LogP contribution in [-0.4, -0.2) is 0 Å². The van der Waals surface area contributed by atoms with E-state index in [9.17, 15) is 0 Å². The molecule has 0 radical (unpaired) electrons. The van der Waals surface area contributed by atoms with Crippen LogP contribution in [0.3, 0.4) is 0 Å². The Hall–Kier alpha value is -2.26. The van der Waals surface area contributed by atoms with Gasteiger partial charge in [0.15, 0.2) is 0 Å². The number of thiophene rings is 1. The molecule has 0 spiro atoms. The molecular formula is C18H17NOS. The van der Waals surface area contributed by atoms with E-state index < -0.39 is 0 Å². The highest BCUT2D eigenvalue weighted by Gasteiger charge is 2.04. The summed E-state index contributed by atoms with van der Waals surface area (Å²) in [5.74, 6) is 1.74. The first-order valence-electron chi connectivity index (χ1n) is 6.88. The molecule has 0 fully saturated rings. The van der Waals surface area contributed by atoms with Gasteiger partial charge >= 0.3 is 0 Å². The van der Waals surface area contributed by atoms with Crippen molar-refractivity contribution < 1.29 is 4.74 Å². The maximum Gasteiger partial charge on any atom is 0.130 e. The van der Waals surface area contributed by atoms with Gasteiger partial charge < -0.3 is 10.1 Å². The predicted octanol–water partition coefficient (Wildman–Crippen LogP) is 5.90. The van der Waals surface area contributed by atoms with Gasteiger partial charge in [0, 0.05) is 10.6 Å². The van der Waals surface area contributed by atoms with Gasteiger partial charge in [-0.2, -0.15) is 0 Å². The maximum absolute atomic E-state index is 5.89. The molecule has 2 nitrogen and oxygen atoms in total. The summed E-state index contributed by atoms with van der Waals surface area (Å²) in [7, 11) is 0. The molecule has 0 aliphatic carbocycles. The van der Waals surface area contributed by atoms with Crippen molar-refractivity contribution in [3.8, 4) is 11.5 Å². The largest absolute Gasteiger partial charge is 0.457 e. The molecular weight excluding hydrogens is 278 g/mol. The number of ether oxygens (including phenoxy) is 1. The van der Waals surface area contributed by atoms with Crippen LogP contribution < -0.4 is 10.1 Å². The molecule has 21 heavy (non-hydrogen) atoms. The standard InChI is InChI=1S/C18H17NOS/c1-13-12-15(19-18-11-8-14(2)21-18)9-10-17(13)20-16-6-4-3-5-7-16/h3-12,19H,1-2H3. The molecule has 0 aliphatic rings. The van der Waals surface area contributed by atoms with Gasteiger partial charge in [-0.3, -0.25) is 0 Å². The van der Waals surface area contributed by atoms with Crippen LogP contribution in [0, 0.1) is 13.8 Å². The third kappa shape index (κ3) is 3.44. The minimum Gasteiger partial charge on any atom is -0.457 e. The molecule has 1 N–H and O–H groups in total. The first-order chi connectivity index (χ1) is 10.2. The zero-order valence-corrected chi connectivity index (χ0v) is 12.9. The fraction of sp³-hybridized carbons (Fsp3) is 0.111. The fourth-order valence-electron chi connectivity index (χ4n) is 2.10. The fourth-order valence-corrected chi connectivity index (χ4v) is 2.89. The normalized spacial score (nSPS) is 10.4. The van der Waals surface area contributed by atoms with Gasteiger partial charge in [-0.1, -0.05) is 18.2 Å². The van der Waals surface area contributed by atoms with E-state index in [2.05, 4.69) is 37.4 Å². The summed E-state index contributed by atoms with van der Waals surface area (Å²) in [6.45, 7) is 4.17. The van der Waals surface area contributed by atoms with E-state index in [1.54, 1.807) is 11.3 Å². The van der Waals surface area contributed by atoms with Crippen molar-refractivity contribution in [2.45, 2.75) is 13.8 Å². The average molecular weight is 295 g/mol. The Morgan fingerprint density at radius 3 is 2.38 bits per heavy atom. The Bertz CT molecular complexity index is 734. The Morgan fingerprint density at radius 2 is 1.71 bits per heavy atom. The van der Waals surface area contributed by atoms with Crippen molar-refractivity contribution in [3.63, 3.8) is 0 Å². The van der Waals surface area contributed by atoms with Gasteiger partial charge in [0.25, 0.3) is 0 Å². The molecule has 0 aliphatic heterocycles. The van der Waals surface area contributed by atoms with Crippen molar-refractivity contribution in [1.29, 1.82) is 0 Å². The van der Waals surface area contributed by atoms with E-state index in [-0.39, 0.29) is 0 Å². The lowest BCUT2D eigenvalue weighted by Gasteiger charge is -2.11. The monoisotopic (exact) mass is 295 g/mol. The van der Waals surface area contributed by atoms with E-state index >= 15 is 0 Å². The number of rotatable bonds is 4. The third-order valence-corrected chi connectivity index (χ3v) is 4.07. The summed E-state index contributed by atoms with van der Waals surface area (Å²) in [6, 6.07) is 20.2. The second-order valence-corrected chi connectivity index (χ2v) is 6.22. The molecule has 1 aromatic heterocycles. The summed E-state index contributed by atoms with van der Waals surface area (Å²) in [5, 5.41) is 4.58. The Labute approximate surface area is 129 Å². The highest BCUT2D eigenvalue weighted by molar-refractivity contribution is 7.16. The Morgan fingerprint density at radius 1 is 0.905 bits per heavy atom. The lowest BCUT2D eigenvalue weighted by atomic mass is 10.2. The summed E-state index contributed by atoms with van der Waals surface area (Å²) >= 11 is 1.75. The number of para-hydroxylation sites is 1. The zero-order valence-electron chi connectivity index (χ0n) is 12.1. The molecule has 106 valence electrons.